The average Bonchev–Trinajstić information content (AvgIpc) is 2.25. The van der Waals surface area contributed by atoms with Gasteiger partial charge in [-0.15, -0.1) is 0 Å². The minimum Gasteiger partial charge on any atom is -0.314 e. The van der Waals surface area contributed by atoms with Crippen LogP contribution in [0.2, 0.25) is 0 Å². The van der Waals surface area contributed by atoms with Gasteiger partial charge in [0.25, 0.3) is 0 Å². The Hall–Kier alpha value is -0.0400. The summed E-state index contributed by atoms with van der Waals surface area (Å²) in [5.74, 6) is 0.944. The number of nitrogens with one attached hydrogen (secondary N) is 1. The minimum absolute atomic E-state index is 0.609. The summed E-state index contributed by atoms with van der Waals surface area (Å²) in [7, 11) is 0. The molecule has 0 spiro atoms. The van der Waals surface area contributed by atoms with Gasteiger partial charge in [-0.1, -0.05) is 34.1 Å². The van der Waals surface area contributed by atoms with Crippen molar-refractivity contribution >= 4 is 0 Å². The maximum Gasteiger partial charge on any atom is 0.00952 e. The molecule has 0 radical (unpaired) electrons. The molecule has 0 aromatic rings. The lowest BCUT2D eigenvalue weighted by atomic mass is 9.70. The van der Waals surface area contributed by atoms with Crippen molar-refractivity contribution in [1.29, 1.82) is 0 Å². The Morgan fingerprint density at radius 1 is 1.12 bits per heavy atom. The normalized spacial score (nSPS) is 23.2. The van der Waals surface area contributed by atoms with Crippen molar-refractivity contribution < 1.29 is 0 Å². The summed E-state index contributed by atoms with van der Waals surface area (Å²) < 4.78 is 0. The molecule has 0 amide bonds. The first-order chi connectivity index (χ1) is 7.59. The molecule has 1 aliphatic carbocycles. The first kappa shape index (κ1) is 14.0. The third kappa shape index (κ3) is 4.45. The monoisotopic (exact) mass is 225 g/mol. The highest BCUT2D eigenvalue weighted by Gasteiger charge is 2.30. The molecule has 0 bridgehead atoms. The number of hydrogen-bond donors (Lipinski definition) is 1. The summed E-state index contributed by atoms with van der Waals surface area (Å²) in [6, 6.07) is 0.793. The van der Waals surface area contributed by atoms with Crippen molar-refractivity contribution in [3.63, 3.8) is 0 Å². The van der Waals surface area contributed by atoms with Gasteiger partial charge in [0.15, 0.2) is 0 Å². The van der Waals surface area contributed by atoms with E-state index in [-0.39, 0.29) is 0 Å². The van der Waals surface area contributed by atoms with Crippen LogP contribution in [0.3, 0.4) is 0 Å². The molecule has 0 heterocycles. The largest absolute Gasteiger partial charge is 0.314 e. The van der Waals surface area contributed by atoms with Gasteiger partial charge in [0.05, 0.1) is 0 Å². The summed E-state index contributed by atoms with van der Waals surface area (Å²) >= 11 is 0. The van der Waals surface area contributed by atoms with Crippen molar-refractivity contribution in [2.75, 3.05) is 6.54 Å². The first-order valence-corrected chi connectivity index (χ1v) is 7.32. The van der Waals surface area contributed by atoms with E-state index in [4.69, 9.17) is 0 Å². The highest BCUT2D eigenvalue weighted by molar-refractivity contribution is 4.85. The van der Waals surface area contributed by atoms with E-state index in [0.29, 0.717) is 5.41 Å². The fourth-order valence-electron chi connectivity index (χ4n) is 2.97. The zero-order valence-corrected chi connectivity index (χ0v) is 11.8. The Labute approximate surface area is 102 Å². The Morgan fingerprint density at radius 2 is 1.75 bits per heavy atom. The smallest absolute Gasteiger partial charge is 0.00952 e. The number of hydrogen-bond acceptors (Lipinski definition) is 1. The fraction of sp³-hybridized carbons (Fsp3) is 1.00. The van der Waals surface area contributed by atoms with E-state index in [1.165, 1.54) is 51.5 Å². The lowest BCUT2D eigenvalue weighted by Crippen LogP contribution is -2.39. The zero-order valence-electron chi connectivity index (χ0n) is 11.8. The van der Waals surface area contributed by atoms with Crippen LogP contribution in [0.1, 0.15) is 72.6 Å². The van der Waals surface area contributed by atoms with Gasteiger partial charge in [0, 0.05) is 6.04 Å². The Kier molecular flexibility index (Phi) is 5.82. The van der Waals surface area contributed by atoms with Crippen molar-refractivity contribution in [2.45, 2.75) is 78.7 Å². The zero-order chi connectivity index (χ0) is 12.0. The van der Waals surface area contributed by atoms with Crippen LogP contribution in [-0.4, -0.2) is 12.6 Å². The molecule has 1 nitrogen and oxygen atoms in total. The summed E-state index contributed by atoms with van der Waals surface area (Å²) in [5, 5.41) is 3.77. The third-order valence-corrected chi connectivity index (χ3v) is 4.21. The van der Waals surface area contributed by atoms with Crippen LogP contribution in [0.25, 0.3) is 0 Å². The third-order valence-electron chi connectivity index (χ3n) is 4.21. The van der Waals surface area contributed by atoms with Crippen molar-refractivity contribution in [3.05, 3.63) is 0 Å². The van der Waals surface area contributed by atoms with E-state index < -0.39 is 0 Å². The SMILES string of the molecule is CCCNC(CCC)C1CCC(C)(C)CC1. The van der Waals surface area contributed by atoms with Crippen LogP contribution >= 0.6 is 0 Å². The van der Waals surface area contributed by atoms with E-state index in [2.05, 4.69) is 33.0 Å². The topological polar surface area (TPSA) is 12.0 Å². The Balaban J connectivity index is 2.39. The highest BCUT2D eigenvalue weighted by Crippen LogP contribution is 2.39. The fourth-order valence-corrected chi connectivity index (χ4v) is 2.97. The van der Waals surface area contributed by atoms with Gasteiger partial charge < -0.3 is 5.32 Å². The lowest BCUT2D eigenvalue weighted by Gasteiger charge is -2.38. The van der Waals surface area contributed by atoms with E-state index in [0.717, 1.165) is 12.0 Å². The molecule has 0 aromatic heterocycles. The summed E-state index contributed by atoms with van der Waals surface area (Å²) in [6.45, 7) is 10.6. The maximum atomic E-state index is 3.77. The van der Waals surface area contributed by atoms with Gasteiger partial charge in [-0.25, -0.2) is 0 Å². The average molecular weight is 225 g/mol. The van der Waals surface area contributed by atoms with Gasteiger partial charge in [-0.2, -0.15) is 0 Å². The van der Waals surface area contributed by atoms with Crippen LogP contribution in [0.5, 0.6) is 0 Å². The predicted molar refractivity (Wildman–Crippen MR) is 72.7 cm³/mol. The van der Waals surface area contributed by atoms with Crippen molar-refractivity contribution in [1.82, 2.24) is 5.32 Å². The van der Waals surface area contributed by atoms with Crippen LogP contribution in [0.15, 0.2) is 0 Å². The molecule has 1 N–H and O–H groups in total. The molecular formula is C15H31N. The van der Waals surface area contributed by atoms with Crippen molar-refractivity contribution in [3.8, 4) is 0 Å². The molecule has 0 aromatic carbocycles. The Bertz CT molecular complexity index is 176. The van der Waals surface area contributed by atoms with Crippen LogP contribution in [-0.2, 0) is 0 Å². The minimum atomic E-state index is 0.609. The molecule has 0 saturated heterocycles. The Morgan fingerprint density at radius 3 is 2.25 bits per heavy atom. The molecule has 1 atom stereocenters. The van der Waals surface area contributed by atoms with E-state index >= 15 is 0 Å². The molecule has 0 aliphatic heterocycles. The molecule has 16 heavy (non-hydrogen) atoms. The predicted octanol–water partition coefficient (Wildman–Crippen LogP) is 4.37. The quantitative estimate of drug-likeness (QED) is 0.708. The van der Waals surface area contributed by atoms with Crippen LogP contribution < -0.4 is 5.32 Å². The second-order valence-corrected chi connectivity index (χ2v) is 6.35. The van der Waals surface area contributed by atoms with E-state index in [1.54, 1.807) is 0 Å². The lowest BCUT2D eigenvalue weighted by molar-refractivity contribution is 0.157. The molecular weight excluding hydrogens is 194 g/mol. The molecule has 1 saturated carbocycles. The van der Waals surface area contributed by atoms with Gasteiger partial charge in [-0.05, 0) is 56.4 Å². The van der Waals surface area contributed by atoms with Crippen LogP contribution in [0.4, 0.5) is 0 Å². The van der Waals surface area contributed by atoms with E-state index in [9.17, 15) is 0 Å². The van der Waals surface area contributed by atoms with Gasteiger partial charge >= 0.3 is 0 Å². The van der Waals surface area contributed by atoms with Crippen molar-refractivity contribution in [2.24, 2.45) is 11.3 Å². The van der Waals surface area contributed by atoms with Gasteiger partial charge in [0.1, 0.15) is 0 Å². The number of rotatable bonds is 6. The molecule has 1 fully saturated rings. The van der Waals surface area contributed by atoms with E-state index in [1.807, 2.05) is 0 Å². The second kappa shape index (κ2) is 6.64. The standard InChI is InChI=1S/C15H31N/c1-5-7-14(16-12-6-2)13-8-10-15(3,4)11-9-13/h13-14,16H,5-12H2,1-4H3. The highest BCUT2D eigenvalue weighted by atomic mass is 14.9. The summed E-state index contributed by atoms with van der Waals surface area (Å²) in [5.41, 5.74) is 0.609. The molecule has 1 heteroatoms. The second-order valence-electron chi connectivity index (χ2n) is 6.35. The summed E-state index contributed by atoms with van der Waals surface area (Å²) in [4.78, 5) is 0. The van der Waals surface area contributed by atoms with Gasteiger partial charge in [0.2, 0.25) is 0 Å². The molecule has 1 rings (SSSR count). The maximum absolute atomic E-state index is 3.77. The first-order valence-electron chi connectivity index (χ1n) is 7.32. The summed E-state index contributed by atoms with van der Waals surface area (Å²) in [6.07, 6.45) is 9.67. The molecule has 1 unspecified atom stereocenters. The van der Waals surface area contributed by atoms with Gasteiger partial charge in [-0.3, -0.25) is 0 Å². The molecule has 1 aliphatic rings. The van der Waals surface area contributed by atoms with Crippen LogP contribution in [0, 0.1) is 11.3 Å². The molecule has 96 valence electrons.